The summed E-state index contributed by atoms with van der Waals surface area (Å²) in [5.41, 5.74) is 5.49. The highest BCUT2D eigenvalue weighted by Crippen LogP contribution is 2.28. The number of hydrogen-bond acceptors (Lipinski definition) is 4. The number of carbonyl (C=O) groups is 2. The summed E-state index contributed by atoms with van der Waals surface area (Å²) >= 11 is 0. The fourth-order valence-corrected chi connectivity index (χ4v) is 4.05. The molecule has 0 aliphatic carbocycles. The molecule has 6 nitrogen and oxygen atoms in total. The first-order chi connectivity index (χ1) is 17.0. The van der Waals surface area contributed by atoms with E-state index in [9.17, 15) is 14.0 Å². The van der Waals surface area contributed by atoms with Crippen LogP contribution < -0.4 is 16.0 Å². The third kappa shape index (κ3) is 5.40. The zero-order valence-corrected chi connectivity index (χ0v) is 21.1. The van der Waals surface area contributed by atoms with E-state index in [1.807, 2.05) is 49.4 Å². The Labute approximate surface area is 211 Å². The third-order valence-corrected chi connectivity index (χ3v) is 6.26. The molecule has 7 heteroatoms. The second-order valence-electron chi connectivity index (χ2n) is 9.98. The van der Waals surface area contributed by atoms with Gasteiger partial charge in [0.1, 0.15) is 5.82 Å². The zero-order valence-electron chi connectivity index (χ0n) is 21.1. The van der Waals surface area contributed by atoms with Crippen LogP contribution in [0.25, 0.3) is 5.70 Å². The Hall–Kier alpha value is -4.13. The van der Waals surface area contributed by atoms with Gasteiger partial charge in [-0.3, -0.25) is 9.59 Å². The summed E-state index contributed by atoms with van der Waals surface area (Å²) in [4.78, 5) is 27.2. The molecule has 3 N–H and O–H groups in total. The third-order valence-electron chi connectivity index (χ3n) is 6.26. The highest BCUT2D eigenvalue weighted by molar-refractivity contribution is 6.05. The van der Waals surface area contributed by atoms with Gasteiger partial charge >= 0.3 is 0 Å². The molecule has 0 fully saturated rings. The van der Waals surface area contributed by atoms with Gasteiger partial charge in [0, 0.05) is 35.7 Å². The van der Waals surface area contributed by atoms with Crippen molar-refractivity contribution in [1.29, 1.82) is 0 Å². The van der Waals surface area contributed by atoms with Crippen molar-refractivity contribution in [3.05, 3.63) is 101 Å². The number of anilines is 2. The molecular formula is C29H31FN4O2. The van der Waals surface area contributed by atoms with Crippen molar-refractivity contribution in [3.8, 4) is 0 Å². The summed E-state index contributed by atoms with van der Waals surface area (Å²) < 4.78 is 13.3. The van der Waals surface area contributed by atoms with E-state index < -0.39 is 6.17 Å². The van der Waals surface area contributed by atoms with Gasteiger partial charge in [0.05, 0.1) is 5.70 Å². The summed E-state index contributed by atoms with van der Waals surface area (Å²) in [6.07, 6.45) is 0.990. The number of nitrogens with zero attached hydrogens (tertiary/aromatic N) is 1. The molecule has 0 spiro atoms. The van der Waals surface area contributed by atoms with Crippen LogP contribution in [0, 0.1) is 12.7 Å². The molecule has 1 unspecified atom stereocenters. The summed E-state index contributed by atoms with van der Waals surface area (Å²) in [6.45, 7) is 8.33. The maximum absolute atomic E-state index is 13.3. The van der Waals surface area contributed by atoms with Gasteiger partial charge in [0.25, 0.3) is 11.8 Å². The Kier molecular flexibility index (Phi) is 6.84. The average molecular weight is 487 g/mol. The molecule has 0 radical (unpaired) electrons. The number of hydrogen-bond donors (Lipinski definition) is 3. The van der Waals surface area contributed by atoms with Crippen LogP contribution in [0.3, 0.4) is 0 Å². The lowest BCUT2D eigenvalue weighted by Gasteiger charge is -2.32. The Morgan fingerprint density at radius 3 is 2.31 bits per heavy atom. The van der Waals surface area contributed by atoms with Gasteiger partial charge in [-0.15, -0.1) is 0 Å². The van der Waals surface area contributed by atoms with Crippen LogP contribution >= 0.6 is 0 Å². The van der Waals surface area contributed by atoms with Crippen molar-refractivity contribution in [2.75, 3.05) is 17.7 Å². The highest BCUT2D eigenvalue weighted by atomic mass is 19.1. The van der Waals surface area contributed by atoms with Crippen LogP contribution in [-0.2, 0) is 10.2 Å². The zero-order chi connectivity index (χ0) is 26.0. The van der Waals surface area contributed by atoms with Gasteiger partial charge in [0.15, 0.2) is 6.17 Å². The average Bonchev–Trinajstić information content (AvgIpc) is 2.84. The van der Waals surface area contributed by atoms with E-state index >= 15 is 0 Å². The van der Waals surface area contributed by atoms with Crippen LogP contribution in [-0.4, -0.2) is 29.9 Å². The smallest absolute Gasteiger partial charge is 0.269 e. The van der Waals surface area contributed by atoms with E-state index in [1.54, 1.807) is 25.4 Å². The van der Waals surface area contributed by atoms with E-state index in [2.05, 4.69) is 36.7 Å². The maximum atomic E-state index is 13.3. The molecule has 1 heterocycles. The highest BCUT2D eigenvalue weighted by Gasteiger charge is 2.28. The van der Waals surface area contributed by atoms with Crippen LogP contribution in [0.1, 0.15) is 47.8 Å². The van der Waals surface area contributed by atoms with Crippen molar-refractivity contribution in [1.82, 2.24) is 10.2 Å². The Balaban J connectivity index is 1.54. The van der Waals surface area contributed by atoms with Crippen molar-refractivity contribution >= 4 is 28.9 Å². The van der Waals surface area contributed by atoms with Gasteiger partial charge in [-0.25, -0.2) is 4.39 Å². The molecule has 1 atom stereocenters. The first kappa shape index (κ1) is 25.0. The first-order valence-corrected chi connectivity index (χ1v) is 11.8. The summed E-state index contributed by atoms with van der Waals surface area (Å²) in [5.74, 6) is -0.714. The minimum Gasteiger partial charge on any atom is -0.358 e. The number of halogens is 1. The fraction of sp³-hybridized carbons (Fsp3) is 0.241. The first-order valence-electron chi connectivity index (χ1n) is 11.8. The molecule has 1 aliphatic heterocycles. The number of benzene rings is 3. The van der Waals surface area contributed by atoms with Crippen molar-refractivity contribution < 1.29 is 14.0 Å². The van der Waals surface area contributed by atoms with E-state index in [4.69, 9.17) is 0 Å². The molecule has 0 aromatic heterocycles. The predicted octanol–water partition coefficient (Wildman–Crippen LogP) is 5.48. The lowest BCUT2D eigenvalue weighted by atomic mass is 9.86. The molecule has 3 aromatic rings. The minimum absolute atomic E-state index is 0.0125. The molecule has 36 heavy (non-hydrogen) atoms. The van der Waals surface area contributed by atoms with E-state index in [-0.39, 0.29) is 23.0 Å². The fourth-order valence-electron chi connectivity index (χ4n) is 4.05. The second-order valence-corrected chi connectivity index (χ2v) is 9.98. The van der Waals surface area contributed by atoms with E-state index in [0.29, 0.717) is 16.9 Å². The lowest BCUT2D eigenvalue weighted by molar-refractivity contribution is -0.129. The normalized spacial score (nSPS) is 15.7. The molecule has 3 aromatic carbocycles. The van der Waals surface area contributed by atoms with Gasteiger partial charge < -0.3 is 20.9 Å². The monoisotopic (exact) mass is 486 g/mol. The van der Waals surface area contributed by atoms with Gasteiger partial charge in [-0.1, -0.05) is 45.0 Å². The van der Waals surface area contributed by atoms with Crippen molar-refractivity contribution in [2.24, 2.45) is 0 Å². The number of rotatable bonds is 5. The number of likely N-dealkylation sites (N-methyl/N-ethyl adjacent to an activating group) is 1. The summed E-state index contributed by atoms with van der Waals surface area (Å²) in [7, 11) is 1.69. The maximum Gasteiger partial charge on any atom is 0.269 e. The predicted molar refractivity (Wildman–Crippen MR) is 142 cm³/mol. The molecule has 186 valence electrons. The minimum atomic E-state index is -0.737. The molecule has 0 saturated carbocycles. The topological polar surface area (TPSA) is 73.5 Å². The van der Waals surface area contributed by atoms with Crippen LogP contribution in [0.4, 0.5) is 15.8 Å². The molecule has 0 bridgehead atoms. The van der Waals surface area contributed by atoms with Gasteiger partial charge in [0.2, 0.25) is 0 Å². The molecule has 0 saturated heterocycles. The van der Waals surface area contributed by atoms with Crippen LogP contribution in [0.15, 0.2) is 72.9 Å². The van der Waals surface area contributed by atoms with Crippen molar-refractivity contribution in [2.45, 2.75) is 39.3 Å². The molecule has 4 rings (SSSR count). The van der Waals surface area contributed by atoms with E-state index in [1.165, 1.54) is 17.0 Å². The molecule has 2 amide bonds. The van der Waals surface area contributed by atoms with Gasteiger partial charge in [-0.05, 0) is 65.9 Å². The Morgan fingerprint density at radius 1 is 1.00 bits per heavy atom. The number of carbonyl (C=O) groups excluding carboxylic acids is 2. The lowest BCUT2D eigenvalue weighted by Crippen LogP contribution is -2.51. The second kappa shape index (κ2) is 9.85. The molecule has 1 aliphatic rings. The number of nitrogens with one attached hydrogen (secondary N) is 3. The van der Waals surface area contributed by atoms with Crippen molar-refractivity contribution in [3.63, 3.8) is 0 Å². The van der Waals surface area contributed by atoms with Crippen LogP contribution in [0.5, 0.6) is 0 Å². The Bertz CT molecular complexity index is 1310. The molecular weight excluding hydrogens is 455 g/mol. The summed E-state index contributed by atoms with van der Waals surface area (Å²) in [5, 5.41) is 9.36. The Morgan fingerprint density at radius 2 is 1.67 bits per heavy atom. The van der Waals surface area contributed by atoms with E-state index in [0.717, 1.165) is 22.4 Å². The standard InChI is InChI=1S/C29H31FN4O2/c1-18-23(25-17-34(5)28(36)26(32-25)31-22-15-13-21(30)14-16-22)7-6-8-24(18)33-27(35)19-9-11-20(12-10-19)29(2,3)4/h6-17,26,31-32H,1-5H3,(H,33,35). The van der Waals surface area contributed by atoms with Gasteiger partial charge in [-0.2, -0.15) is 0 Å². The largest absolute Gasteiger partial charge is 0.358 e. The van der Waals surface area contributed by atoms with Crippen LogP contribution in [0.2, 0.25) is 0 Å². The number of amides is 2. The SMILES string of the molecule is Cc1c(NC(=O)c2ccc(C(C)(C)C)cc2)cccc1C1=CN(C)C(=O)C(Nc2ccc(F)cc2)N1. The quantitative estimate of drug-likeness (QED) is 0.446. The summed E-state index contributed by atoms with van der Waals surface area (Å²) in [6, 6.07) is 19.1.